The van der Waals surface area contributed by atoms with Crippen LogP contribution in [0.15, 0.2) is 27.4 Å². The molecule has 94 valence electrons. The Balaban J connectivity index is 2.39. The van der Waals surface area contributed by atoms with Crippen LogP contribution in [0, 0.1) is 0 Å². The van der Waals surface area contributed by atoms with Gasteiger partial charge in [-0.3, -0.25) is 0 Å². The highest BCUT2D eigenvalue weighted by molar-refractivity contribution is 6.30. The molecule has 0 N–H and O–H groups in total. The van der Waals surface area contributed by atoms with Gasteiger partial charge in [-0.25, -0.2) is 4.79 Å². The van der Waals surface area contributed by atoms with Gasteiger partial charge in [-0.1, -0.05) is 11.6 Å². The molecular formula is C12H8Cl2O4. The van der Waals surface area contributed by atoms with Gasteiger partial charge < -0.3 is 13.9 Å². The second-order valence-corrected chi connectivity index (χ2v) is 4.77. The van der Waals surface area contributed by atoms with Gasteiger partial charge in [-0.2, -0.15) is 0 Å². The standard InChI is InChI=1S/C12H8Cl2O4/c1-16-11-9-5(2-3-7(15)17-9)4-6-8(13)12(14)18-10(6)11/h2-4,8,12H,1H3. The van der Waals surface area contributed by atoms with Crippen molar-refractivity contribution in [1.82, 2.24) is 0 Å². The Kier molecular flexibility index (Phi) is 2.64. The summed E-state index contributed by atoms with van der Waals surface area (Å²) in [6.07, 6.45) is 0. The lowest BCUT2D eigenvalue weighted by atomic mass is 10.1. The molecule has 0 radical (unpaired) electrons. The largest absolute Gasteiger partial charge is 0.490 e. The number of alkyl halides is 2. The van der Waals surface area contributed by atoms with E-state index in [1.807, 2.05) is 0 Å². The molecule has 6 heteroatoms. The van der Waals surface area contributed by atoms with E-state index in [0.29, 0.717) is 22.5 Å². The second-order valence-electron chi connectivity index (χ2n) is 3.87. The number of rotatable bonds is 1. The van der Waals surface area contributed by atoms with Crippen LogP contribution in [-0.2, 0) is 0 Å². The highest BCUT2D eigenvalue weighted by atomic mass is 35.5. The summed E-state index contributed by atoms with van der Waals surface area (Å²) in [5.41, 5.74) is -0.0593. The highest BCUT2D eigenvalue weighted by Gasteiger charge is 2.35. The first-order chi connectivity index (χ1) is 8.61. The quantitative estimate of drug-likeness (QED) is 0.597. The summed E-state index contributed by atoms with van der Waals surface area (Å²) in [6.45, 7) is 0. The average molecular weight is 287 g/mol. The predicted octanol–water partition coefficient (Wildman–Crippen LogP) is 3.04. The van der Waals surface area contributed by atoms with Gasteiger partial charge in [0.15, 0.2) is 16.9 Å². The van der Waals surface area contributed by atoms with Gasteiger partial charge in [0.05, 0.1) is 7.11 Å². The third kappa shape index (κ3) is 1.56. The lowest BCUT2D eigenvalue weighted by Crippen LogP contribution is -2.05. The Morgan fingerprint density at radius 2 is 2.11 bits per heavy atom. The molecule has 1 aliphatic rings. The van der Waals surface area contributed by atoms with Crippen LogP contribution in [0.25, 0.3) is 11.0 Å². The summed E-state index contributed by atoms with van der Waals surface area (Å²) in [6, 6.07) is 4.77. The fraction of sp³-hybridized carbons (Fsp3) is 0.250. The van der Waals surface area contributed by atoms with Gasteiger partial charge in [0.1, 0.15) is 5.38 Å². The summed E-state index contributed by atoms with van der Waals surface area (Å²) < 4.78 is 15.8. The Morgan fingerprint density at radius 3 is 2.83 bits per heavy atom. The van der Waals surface area contributed by atoms with E-state index in [4.69, 9.17) is 37.1 Å². The Morgan fingerprint density at radius 1 is 1.33 bits per heavy atom. The second kappa shape index (κ2) is 4.07. The molecule has 1 aromatic heterocycles. The lowest BCUT2D eigenvalue weighted by Gasteiger charge is -2.09. The monoisotopic (exact) mass is 286 g/mol. The van der Waals surface area contributed by atoms with E-state index in [2.05, 4.69) is 0 Å². The van der Waals surface area contributed by atoms with Gasteiger partial charge in [0.2, 0.25) is 5.75 Å². The zero-order valence-electron chi connectivity index (χ0n) is 9.28. The van der Waals surface area contributed by atoms with Crippen LogP contribution in [0.2, 0.25) is 0 Å². The summed E-state index contributed by atoms with van der Waals surface area (Å²) in [7, 11) is 1.47. The Bertz CT molecular complexity index is 680. The molecule has 0 spiro atoms. The predicted molar refractivity (Wildman–Crippen MR) is 67.9 cm³/mol. The molecular weight excluding hydrogens is 279 g/mol. The SMILES string of the molecule is COc1c2c(cc3ccc(=O)oc13)C(Cl)C(Cl)O2. The van der Waals surface area contributed by atoms with Gasteiger partial charge >= 0.3 is 5.63 Å². The van der Waals surface area contributed by atoms with Crippen LogP contribution in [0.5, 0.6) is 11.5 Å². The molecule has 2 aromatic rings. The molecule has 18 heavy (non-hydrogen) atoms. The van der Waals surface area contributed by atoms with Gasteiger partial charge in [-0.05, 0) is 12.1 Å². The molecule has 3 rings (SSSR count). The molecule has 2 heterocycles. The van der Waals surface area contributed by atoms with Crippen molar-refractivity contribution in [2.24, 2.45) is 0 Å². The lowest BCUT2D eigenvalue weighted by molar-refractivity contribution is 0.292. The highest BCUT2D eigenvalue weighted by Crippen LogP contribution is 2.50. The fourth-order valence-corrected chi connectivity index (χ4v) is 2.45. The first-order valence-electron chi connectivity index (χ1n) is 5.21. The van der Waals surface area contributed by atoms with E-state index in [9.17, 15) is 4.79 Å². The van der Waals surface area contributed by atoms with Crippen LogP contribution >= 0.6 is 23.2 Å². The zero-order valence-corrected chi connectivity index (χ0v) is 10.8. The topological polar surface area (TPSA) is 48.7 Å². The molecule has 1 aromatic carbocycles. The third-order valence-electron chi connectivity index (χ3n) is 2.81. The molecule has 1 aliphatic heterocycles. The Hall–Kier alpha value is -1.39. The number of ether oxygens (including phenoxy) is 2. The van der Waals surface area contributed by atoms with Crippen molar-refractivity contribution in [1.29, 1.82) is 0 Å². The summed E-state index contributed by atoms with van der Waals surface area (Å²) in [4.78, 5) is 11.3. The van der Waals surface area contributed by atoms with Crippen molar-refractivity contribution >= 4 is 34.2 Å². The van der Waals surface area contributed by atoms with Crippen molar-refractivity contribution < 1.29 is 13.9 Å². The third-order valence-corrected chi connectivity index (χ3v) is 3.75. The summed E-state index contributed by atoms with van der Waals surface area (Å²) >= 11 is 12.1. The van der Waals surface area contributed by atoms with E-state index in [-0.39, 0.29) is 0 Å². The molecule has 0 saturated heterocycles. The van der Waals surface area contributed by atoms with Crippen molar-refractivity contribution in [3.63, 3.8) is 0 Å². The van der Waals surface area contributed by atoms with Crippen LogP contribution in [0.1, 0.15) is 10.9 Å². The minimum Gasteiger partial charge on any atom is -0.490 e. The van der Waals surface area contributed by atoms with E-state index >= 15 is 0 Å². The van der Waals surface area contributed by atoms with Crippen LogP contribution in [0.4, 0.5) is 0 Å². The maximum atomic E-state index is 11.3. The number of halogens is 2. The van der Waals surface area contributed by atoms with E-state index in [1.165, 1.54) is 13.2 Å². The number of hydrogen-bond donors (Lipinski definition) is 0. The van der Waals surface area contributed by atoms with Gasteiger partial charge in [-0.15, -0.1) is 11.6 Å². The molecule has 4 nitrogen and oxygen atoms in total. The summed E-state index contributed by atoms with van der Waals surface area (Å²) in [5.74, 6) is 0.772. The molecule has 2 atom stereocenters. The van der Waals surface area contributed by atoms with Crippen LogP contribution in [0.3, 0.4) is 0 Å². The number of fused-ring (bicyclic) bond motifs is 2. The maximum Gasteiger partial charge on any atom is 0.336 e. The van der Waals surface area contributed by atoms with Crippen molar-refractivity contribution in [2.45, 2.75) is 10.9 Å². The fourth-order valence-electron chi connectivity index (χ4n) is 2.01. The summed E-state index contributed by atoms with van der Waals surface area (Å²) in [5, 5.41) is 0.247. The van der Waals surface area contributed by atoms with Crippen molar-refractivity contribution in [3.05, 3.63) is 34.2 Å². The van der Waals surface area contributed by atoms with E-state index in [1.54, 1.807) is 12.1 Å². The molecule has 0 amide bonds. The average Bonchev–Trinajstić information content (AvgIpc) is 2.63. The first kappa shape index (κ1) is 11.7. The maximum absolute atomic E-state index is 11.3. The molecule has 0 bridgehead atoms. The molecule has 0 saturated carbocycles. The number of hydrogen-bond acceptors (Lipinski definition) is 4. The van der Waals surface area contributed by atoms with Crippen molar-refractivity contribution in [3.8, 4) is 11.5 Å². The number of methoxy groups -OCH3 is 1. The van der Waals surface area contributed by atoms with E-state index < -0.39 is 16.6 Å². The molecule has 0 fully saturated rings. The Labute approximate surface area is 112 Å². The zero-order chi connectivity index (χ0) is 12.9. The minimum atomic E-state index is -0.667. The smallest absolute Gasteiger partial charge is 0.336 e. The minimum absolute atomic E-state index is 0.332. The van der Waals surface area contributed by atoms with Crippen molar-refractivity contribution in [2.75, 3.05) is 7.11 Å². The number of benzene rings is 1. The van der Waals surface area contributed by atoms with Crippen LogP contribution in [-0.4, -0.2) is 12.7 Å². The van der Waals surface area contributed by atoms with Crippen LogP contribution < -0.4 is 15.1 Å². The normalized spacial score (nSPS) is 21.7. The van der Waals surface area contributed by atoms with Gasteiger partial charge in [0.25, 0.3) is 0 Å². The first-order valence-corrected chi connectivity index (χ1v) is 6.08. The molecule has 2 unspecified atom stereocenters. The molecule has 0 aliphatic carbocycles. The van der Waals surface area contributed by atoms with E-state index in [0.717, 1.165) is 5.56 Å². The van der Waals surface area contributed by atoms with Gasteiger partial charge in [0, 0.05) is 17.0 Å².